The number of aryl methyl sites for hydroxylation is 1. The lowest BCUT2D eigenvalue weighted by Gasteiger charge is -2.05. The first-order valence-corrected chi connectivity index (χ1v) is 6.13. The molecule has 3 nitrogen and oxygen atoms in total. The maximum atomic E-state index is 13.0. The molecule has 1 aromatic heterocycles. The lowest BCUT2D eigenvalue weighted by atomic mass is 10.2. The Kier molecular flexibility index (Phi) is 3.61. The smallest absolute Gasteiger partial charge is 0.201 e. The highest BCUT2D eigenvalue weighted by molar-refractivity contribution is 5.78. The van der Waals surface area contributed by atoms with Gasteiger partial charge in [0.25, 0.3) is 0 Å². The Bertz CT molecular complexity index is 505. The van der Waals surface area contributed by atoms with Crippen LogP contribution in [-0.2, 0) is 6.54 Å². The van der Waals surface area contributed by atoms with E-state index in [1.165, 1.54) is 31.4 Å². The van der Waals surface area contributed by atoms with Gasteiger partial charge in [-0.2, -0.15) is 0 Å². The second-order valence-corrected chi connectivity index (χ2v) is 4.32. The van der Waals surface area contributed by atoms with Crippen LogP contribution in [0, 0.1) is 5.82 Å². The third-order valence-electron chi connectivity index (χ3n) is 2.98. The lowest BCUT2D eigenvalue weighted by Crippen LogP contribution is -2.03. The first-order valence-electron chi connectivity index (χ1n) is 6.13. The molecule has 2 aromatic rings. The molecule has 2 N–H and O–H groups in total. The molecule has 0 atom stereocenters. The maximum Gasteiger partial charge on any atom is 0.201 e. The van der Waals surface area contributed by atoms with Gasteiger partial charge in [0.15, 0.2) is 0 Å². The monoisotopic (exact) mass is 235 g/mol. The van der Waals surface area contributed by atoms with Crippen molar-refractivity contribution < 1.29 is 4.39 Å². The Labute approximate surface area is 100 Å². The number of nitrogen functional groups attached to an aromatic ring is 1. The van der Waals surface area contributed by atoms with Crippen LogP contribution >= 0.6 is 0 Å². The van der Waals surface area contributed by atoms with Gasteiger partial charge < -0.3 is 10.3 Å². The van der Waals surface area contributed by atoms with Crippen LogP contribution in [0.3, 0.4) is 0 Å². The van der Waals surface area contributed by atoms with Crippen LogP contribution in [0.4, 0.5) is 10.3 Å². The number of unbranched alkanes of at least 4 members (excludes halogenated alkanes) is 3. The molecule has 1 heterocycles. The van der Waals surface area contributed by atoms with Gasteiger partial charge in [-0.15, -0.1) is 0 Å². The minimum atomic E-state index is -0.270. The Morgan fingerprint density at radius 3 is 2.88 bits per heavy atom. The summed E-state index contributed by atoms with van der Waals surface area (Å²) in [7, 11) is 0. The lowest BCUT2D eigenvalue weighted by molar-refractivity contribution is 0.595. The van der Waals surface area contributed by atoms with Crippen molar-refractivity contribution in [1.82, 2.24) is 9.55 Å². The molecule has 0 bridgehead atoms. The van der Waals surface area contributed by atoms with Gasteiger partial charge in [-0.1, -0.05) is 26.2 Å². The molecular formula is C13H18FN3. The Morgan fingerprint density at radius 1 is 1.29 bits per heavy atom. The van der Waals surface area contributed by atoms with Gasteiger partial charge in [-0.3, -0.25) is 0 Å². The second kappa shape index (κ2) is 5.17. The number of hydrogen-bond donors (Lipinski definition) is 1. The summed E-state index contributed by atoms with van der Waals surface area (Å²) in [5.41, 5.74) is 7.40. The molecule has 0 saturated heterocycles. The molecule has 0 aliphatic rings. The summed E-state index contributed by atoms with van der Waals surface area (Å²) >= 11 is 0. The molecular weight excluding hydrogens is 217 g/mol. The molecule has 0 unspecified atom stereocenters. The quantitative estimate of drug-likeness (QED) is 0.808. The average Bonchev–Trinajstić information content (AvgIpc) is 2.60. The number of fused-ring (bicyclic) bond motifs is 1. The third kappa shape index (κ3) is 2.57. The average molecular weight is 235 g/mol. The molecule has 0 spiro atoms. The van der Waals surface area contributed by atoms with Gasteiger partial charge in [0.2, 0.25) is 5.95 Å². The van der Waals surface area contributed by atoms with Crippen molar-refractivity contribution >= 4 is 17.0 Å². The van der Waals surface area contributed by atoms with Crippen LogP contribution in [0.25, 0.3) is 11.0 Å². The van der Waals surface area contributed by atoms with Crippen molar-refractivity contribution in [1.29, 1.82) is 0 Å². The van der Waals surface area contributed by atoms with Gasteiger partial charge >= 0.3 is 0 Å². The molecule has 1 aromatic carbocycles. The van der Waals surface area contributed by atoms with E-state index in [0.717, 1.165) is 18.5 Å². The topological polar surface area (TPSA) is 43.8 Å². The SMILES string of the molecule is CCCCCCn1c(N)nc2cc(F)ccc21. The summed E-state index contributed by atoms with van der Waals surface area (Å²) in [5.74, 6) is 0.204. The third-order valence-corrected chi connectivity index (χ3v) is 2.98. The largest absolute Gasteiger partial charge is 0.369 e. The van der Waals surface area contributed by atoms with E-state index in [0.29, 0.717) is 11.5 Å². The van der Waals surface area contributed by atoms with Gasteiger partial charge in [0.05, 0.1) is 11.0 Å². The van der Waals surface area contributed by atoms with E-state index >= 15 is 0 Å². The number of imidazole rings is 1. The van der Waals surface area contributed by atoms with E-state index in [4.69, 9.17) is 5.73 Å². The fourth-order valence-corrected chi connectivity index (χ4v) is 2.05. The Hall–Kier alpha value is -1.58. The first-order chi connectivity index (χ1) is 8.22. The van der Waals surface area contributed by atoms with E-state index in [1.54, 1.807) is 6.07 Å². The number of anilines is 1. The van der Waals surface area contributed by atoms with Crippen molar-refractivity contribution in [3.8, 4) is 0 Å². The molecule has 0 saturated carbocycles. The highest BCUT2D eigenvalue weighted by Gasteiger charge is 2.08. The number of benzene rings is 1. The van der Waals surface area contributed by atoms with E-state index in [-0.39, 0.29) is 5.82 Å². The minimum Gasteiger partial charge on any atom is -0.369 e. The molecule has 0 aliphatic heterocycles. The van der Waals surface area contributed by atoms with Gasteiger partial charge in [-0.25, -0.2) is 9.37 Å². The summed E-state index contributed by atoms with van der Waals surface area (Å²) in [4.78, 5) is 4.17. The molecule has 0 aliphatic carbocycles. The fourth-order valence-electron chi connectivity index (χ4n) is 2.05. The van der Waals surface area contributed by atoms with Crippen LogP contribution in [0.15, 0.2) is 18.2 Å². The maximum absolute atomic E-state index is 13.0. The number of nitrogens with zero attached hydrogens (tertiary/aromatic N) is 2. The van der Waals surface area contributed by atoms with E-state index < -0.39 is 0 Å². The van der Waals surface area contributed by atoms with Crippen LogP contribution in [0.2, 0.25) is 0 Å². The van der Waals surface area contributed by atoms with Crippen molar-refractivity contribution in [3.63, 3.8) is 0 Å². The van der Waals surface area contributed by atoms with Crippen LogP contribution < -0.4 is 5.73 Å². The number of rotatable bonds is 5. The zero-order chi connectivity index (χ0) is 12.3. The summed E-state index contributed by atoms with van der Waals surface area (Å²) in [5, 5.41) is 0. The fraction of sp³-hybridized carbons (Fsp3) is 0.462. The summed E-state index contributed by atoms with van der Waals surface area (Å²) in [6, 6.07) is 4.62. The van der Waals surface area contributed by atoms with Gasteiger partial charge in [0.1, 0.15) is 5.82 Å². The van der Waals surface area contributed by atoms with Crippen molar-refractivity contribution in [3.05, 3.63) is 24.0 Å². The summed E-state index contributed by atoms with van der Waals surface area (Å²) < 4.78 is 15.0. The molecule has 17 heavy (non-hydrogen) atoms. The minimum absolute atomic E-state index is 0.270. The summed E-state index contributed by atoms with van der Waals surface area (Å²) in [6.45, 7) is 3.04. The predicted octanol–water partition coefficient (Wildman–Crippen LogP) is 3.34. The molecule has 0 amide bonds. The number of hydrogen-bond acceptors (Lipinski definition) is 2. The molecule has 92 valence electrons. The second-order valence-electron chi connectivity index (χ2n) is 4.32. The molecule has 2 rings (SSSR count). The van der Waals surface area contributed by atoms with E-state index in [1.807, 2.05) is 4.57 Å². The highest BCUT2D eigenvalue weighted by atomic mass is 19.1. The Morgan fingerprint density at radius 2 is 2.12 bits per heavy atom. The van der Waals surface area contributed by atoms with Crippen molar-refractivity contribution in [2.75, 3.05) is 5.73 Å². The number of halogens is 1. The highest BCUT2D eigenvalue weighted by Crippen LogP contribution is 2.19. The zero-order valence-electron chi connectivity index (χ0n) is 10.1. The molecule has 0 radical (unpaired) electrons. The summed E-state index contributed by atoms with van der Waals surface area (Å²) in [6.07, 6.45) is 4.73. The van der Waals surface area contributed by atoms with Crippen molar-refractivity contribution in [2.24, 2.45) is 0 Å². The van der Waals surface area contributed by atoms with Gasteiger partial charge in [-0.05, 0) is 18.6 Å². The molecule has 0 fully saturated rings. The van der Waals surface area contributed by atoms with E-state index in [9.17, 15) is 4.39 Å². The van der Waals surface area contributed by atoms with Crippen molar-refractivity contribution in [2.45, 2.75) is 39.2 Å². The van der Waals surface area contributed by atoms with Crippen LogP contribution in [0.1, 0.15) is 32.6 Å². The predicted molar refractivity (Wildman–Crippen MR) is 68.2 cm³/mol. The first kappa shape index (κ1) is 11.9. The van der Waals surface area contributed by atoms with Crippen LogP contribution in [0.5, 0.6) is 0 Å². The normalized spacial score (nSPS) is 11.2. The number of nitrogens with two attached hydrogens (primary N) is 1. The van der Waals surface area contributed by atoms with Crippen LogP contribution in [-0.4, -0.2) is 9.55 Å². The zero-order valence-corrected chi connectivity index (χ0v) is 10.1. The molecule has 4 heteroatoms. The number of aromatic nitrogens is 2. The standard InChI is InChI=1S/C13H18FN3/c1-2-3-4-5-8-17-12-7-6-10(14)9-11(12)16-13(17)15/h6-7,9H,2-5,8H2,1H3,(H2,15,16). The van der Waals surface area contributed by atoms with Gasteiger partial charge in [0, 0.05) is 12.6 Å². The van der Waals surface area contributed by atoms with E-state index in [2.05, 4.69) is 11.9 Å². The Balaban J connectivity index is 2.18.